The average molecular weight is 528 g/mol. The lowest BCUT2D eigenvalue weighted by Gasteiger charge is -2.33. The number of carbonyl (C=O) groups excluding carboxylic acids is 2. The van der Waals surface area contributed by atoms with Crippen LogP contribution < -0.4 is 4.74 Å². The maximum Gasteiger partial charge on any atom is 0.419 e. The number of nitrogens with zero attached hydrogens (tertiary/aromatic N) is 5. The van der Waals surface area contributed by atoms with Crippen molar-refractivity contribution in [2.75, 3.05) is 32.8 Å². The molecular formula is C30H33N5O4. The molecule has 3 heterocycles. The van der Waals surface area contributed by atoms with E-state index >= 15 is 0 Å². The number of nitriles is 1. The highest BCUT2D eigenvalue weighted by Crippen LogP contribution is 2.31. The summed E-state index contributed by atoms with van der Waals surface area (Å²) in [4.78, 5) is 33.8. The molecule has 2 aliphatic heterocycles. The topological polar surface area (TPSA) is 101 Å². The highest BCUT2D eigenvalue weighted by Gasteiger charge is 2.28. The Balaban J connectivity index is 1.31. The molecule has 1 saturated heterocycles. The normalized spacial score (nSPS) is 15.7. The predicted octanol–water partition coefficient (Wildman–Crippen LogP) is 5.41. The van der Waals surface area contributed by atoms with Crippen molar-refractivity contribution in [1.82, 2.24) is 19.4 Å². The minimum absolute atomic E-state index is 0.0000173. The van der Waals surface area contributed by atoms with Gasteiger partial charge in [0.1, 0.15) is 18.2 Å². The van der Waals surface area contributed by atoms with Gasteiger partial charge >= 0.3 is 12.1 Å². The molecule has 2 amide bonds. The van der Waals surface area contributed by atoms with E-state index in [2.05, 4.69) is 17.1 Å². The Kier molecular flexibility index (Phi) is 7.82. The fraction of sp³-hybridized carbons (Fsp3) is 0.400. The summed E-state index contributed by atoms with van der Waals surface area (Å²) >= 11 is 0. The van der Waals surface area contributed by atoms with Crippen LogP contribution in [0.3, 0.4) is 0 Å². The first kappa shape index (κ1) is 26.3. The van der Waals surface area contributed by atoms with E-state index in [4.69, 9.17) is 14.7 Å². The first-order chi connectivity index (χ1) is 18.9. The number of urea groups is 1. The monoisotopic (exact) mass is 527 g/mol. The van der Waals surface area contributed by atoms with Crippen molar-refractivity contribution in [1.29, 1.82) is 5.26 Å². The standard InChI is InChI=1S/C30H33N5O4/c1-21(2)20-39-30(37)35-14-11-32-28(35)24-5-3-23(4-6-24)25-7-8-27-26(17-25)19-34(15-16-38-27)29(36)33-12-9-22(18-31)10-13-33/h3-8,11,14,17,21-22H,9-10,12-13,15-16,19-20H2,1-2H3. The molecule has 3 aromatic rings. The zero-order chi connectivity index (χ0) is 27.4. The summed E-state index contributed by atoms with van der Waals surface area (Å²) < 4.78 is 12.8. The summed E-state index contributed by atoms with van der Waals surface area (Å²) in [5.74, 6) is 1.60. The molecule has 0 unspecified atom stereocenters. The van der Waals surface area contributed by atoms with Gasteiger partial charge in [-0.25, -0.2) is 19.1 Å². The van der Waals surface area contributed by atoms with E-state index in [0.717, 1.165) is 40.8 Å². The first-order valence-electron chi connectivity index (χ1n) is 13.4. The zero-order valence-electron chi connectivity index (χ0n) is 22.4. The summed E-state index contributed by atoms with van der Waals surface area (Å²) in [6.45, 7) is 6.98. The second kappa shape index (κ2) is 11.6. The second-order valence-electron chi connectivity index (χ2n) is 10.4. The van der Waals surface area contributed by atoms with Gasteiger partial charge in [0.05, 0.1) is 25.8 Å². The minimum atomic E-state index is -0.445. The lowest BCUT2D eigenvalue weighted by Crippen LogP contribution is -2.46. The Labute approximate surface area is 228 Å². The molecule has 0 radical (unpaired) electrons. The quantitative estimate of drug-likeness (QED) is 0.450. The molecule has 0 atom stereocenters. The van der Waals surface area contributed by atoms with Crippen LogP contribution in [-0.4, -0.2) is 64.3 Å². The third kappa shape index (κ3) is 5.90. The van der Waals surface area contributed by atoms with E-state index < -0.39 is 6.09 Å². The largest absolute Gasteiger partial charge is 0.491 e. The van der Waals surface area contributed by atoms with Gasteiger partial charge < -0.3 is 19.3 Å². The third-order valence-corrected chi connectivity index (χ3v) is 7.11. The number of piperidine rings is 1. The van der Waals surface area contributed by atoms with Gasteiger partial charge in [0.2, 0.25) is 0 Å². The number of ether oxygens (including phenoxy) is 2. The molecule has 2 aliphatic rings. The molecular weight excluding hydrogens is 494 g/mol. The molecule has 2 aromatic carbocycles. The number of benzene rings is 2. The van der Waals surface area contributed by atoms with Crippen LogP contribution in [-0.2, 0) is 11.3 Å². The van der Waals surface area contributed by atoms with Crippen LogP contribution in [0.1, 0.15) is 32.3 Å². The van der Waals surface area contributed by atoms with Crippen LogP contribution in [0.5, 0.6) is 5.75 Å². The van der Waals surface area contributed by atoms with Gasteiger partial charge in [-0.05, 0) is 42.0 Å². The number of hydrogen-bond acceptors (Lipinski definition) is 6. The smallest absolute Gasteiger partial charge is 0.419 e. The van der Waals surface area contributed by atoms with Crippen molar-refractivity contribution in [3.8, 4) is 34.3 Å². The van der Waals surface area contributed by atoms with Crippen LogP contribution in [0, 0.1) is 23.2 Å². The molecule has 0 saturated carbocycles. The van der Waals surface area contributed by atoms with Crippen molar-refractivity contribution >= 4 is 12.1 Å². The number of amides is 2. The summed E-state index contributed by atoms with van der Waals surface area (Å²) in [5, 5.41) is 9.16. The molecule has 0 spiro atoms. The highest BCUT2D eigenvalue weighted by atomic mass is 16.5. The van der Waals surface area contributed by atoms with Gasteiger partial charge in [0, 0.05) is 42.5 Å². The summed E-state index contributed by atoms with van der Waals surface area (Å²) in [5.41, 5.74) is 3.77. The molecule has 202 valence electrons. The van der Waals surface area contributed by atoms with E-state index in [0.29, 0.717) is 45.2 Å². The lowest BCUT2D eigenvalue weighted by molar-refractivity contribution is 0.132. The van der Waals surface area contributed by atoms with E-state index in [1.807, 2.05) is 60.0 Å². The Morgan fingerprint density at radius 1 is 1.05 bits per heavy atom. The molecule has 0 aliphatic carbocycles. The summed E-state index contributed by atoms with van der Waals surface area (Å²) in [6.07, 6.45) is 4.20. The Hall–Kier alpha value is -4.32. The van der Waals surface area contributed by atoms with E-state index in [1.165, 1.54) is 4.57 Å². The van der Waals surface area contributed by atoms with Gasteiger partial charge in [0.15, 0.2) is 0 Å². The number of rotatable bonds is 4. The van der Waals surface area contributed by atoms with E-state index in [9.17, 15) is 9.59 Å². The Morgan fingerprint density at radius 2 is 1.77 bits per heavy atom. The predicted molar refractivity (Wildman–Crippen MR) is 146 cm³/mol. The van der Waals surface area contributed by atoms with Gasteiger partial charge in [-0.3, -0.25) is 0 Å². The number of imidazole rings is 1. The Morgan fingerprint density at radius 3 is 2.49 bits per heavy atom. The molecule has 1 fully saturated rings. The van der Waals surface area contributed by atoms with Gasteiger partial charge in [-0.2, -0.15) is 5.26 Å². The maximum atomic E-state index is 13.2. The minimum Gasteiger partial charge on any atom is -0.491 e. The lowest BCUT2D eigenvalue weighted by atomic mass is 9.99. The number of carbonyl (C=O) groups is 2. The molecule has 9 nitrogen and oxygen atoms in total. The van der Waals surface area contributed by atoms with Gasteiger partial charge in [-0.15, -0.1) is 0 Å². The average Bonchev–Trinajstić information content (AvgIpc) is 3.36. The van der Waals surface area contributed by atoms with Crippen molar-refractivity contribution in [2.45, 2.75) is 33.2 Å². The van der Waals surface area contributed by atoms with E-state index in [-0.39, 0.29) is 17.9 Å². The molecule has 0 bridgehead atoms. The summed E-state index contributed by atoms with van der Waals surface area (Å²) in [7, 11) is 0. The van der Waals surface area contributed by atoms with Crippen LogP contribution in [0.25, 0.3) is 22.5 Å². The number of likely N-dealkylation sites (tertiary alicyclic amines) is 1. The fourth-order valence-electron chi connectivity index (χ4n) is 4.92. The zero-order valence-corrected chi connectivity index (χ0v) is 22.4. The highest BCUT2D eigenvalue weighted by molar-refractivity contribution is 5.78. The van der Waals surface area contributed by atoms with Gasteiger partial charge in [-0.1, -0.05) is 44.2 Å². The Bertz CT molecular complexity index is 1370. The van der Waals surface area contributed by atoms with Crippen LogP contribution >= 0.6 is 0 Å². The maximum absolute atomic E-state index is 13.2. The summed E-state index contributed by atoms with van der Waals surface area (Å²) in [6, 6.07) is 16.2. The molecule has 39 heavy (non-hydrogen) atoms. The van der Waals surface area contributed by atoms with Gasteiger partial charge in [0.25, 0.3) is 0 Å². The van der Waals surface area contributed by atoms with Crippen molar-refractivity contribution in [3.63, 3.8) is 0 Å². The second-order valence-corrected chi connectivity index (χ2v) is 10.4. The van der Waals surface area contributed by atoms with Crippen LogP contribution in [0.2, 0.25) is 0 Å². The number of aromatic nitrogens is 2. The third-order valence-electron chi connectivity index (χ3n) is 7.11. The molecule has 9 heteroatoms. The van der Waals surface area contributed by atoms with Crippen molar-refractivity contribution in [2.24, 2.45) is 11.8 Å². The number of fused-ring (bicyclic) bond motifs is 1. The van der Waals surface area contributed by atoms with Crippen molar-refractivity contribution in [3.05, 3.63) is 60.4 Å². The molecule has 1 aromatic heterocycles. The number of hydrogen-bond donors (Lipinski definition) is 0. The SMILES string of the molecule is CC(C)COC(=O)n1ccnc1-c1ccc(-c2ccc3c(c2)CN(C(=O)N2CCC(C#N)CC2)CCO3)cc1. The first-order valence-corrected chi connectivity index (χ1v) is 13.4. The van der Waals surface area contributed by atoms with Crippen molar-refractivity contribution < 1.29 is 19.1 Å². The van der Waals surface area contributed by atoms with Crippen LogP contribution in [0.4, 0.5) is 9.59 Å². The molecule has 0 N–H and O–H groups in total. The fourth-order valence-corrected chi connectivity index (χ4v) is 4.92. The van der Waals surface area contributed by atoms with Crippen LogP contribution in [0.15, 0.2) is 54.9 Å². The molecule has 5 rings (SSSR count). The van der Waals surface area contributed by atoms with E-state index in [1.54, 1.807) is 12.4 Å².